The number of nitrogens with two attached hydrogens (primary N) is 1. The number of carbonyl (C=O) groups excluding carboxylic acids is 2. The molecule has 6 heteroatoms. The lowest BCUT2D eigenvalue weighted by Crippen LogP contribution is -2.48. The van der Waals surface area contributed by atoms with Gasteiger partial charge in [-0.3, -0.25) is 9.59 Å². The molecule has 1 heterocycles. The van der Waals surface area contributed by atoms with Crippen molar-refractivity contribution >= 4 is 23.6 Å². The monoisotopic (exact) mass is 273 g/mol. The predicted molar refractivity (Wildman–Crippen MR) is 74.3 cm³/mol. The van der Waals surface area contributed by atoms with Crippen LogP contribution in [0.2, 0.25) is 0 Å². The Bertz CT molecular complexity index is 291. The van der Waals surface area contributed by atoms with Gasteiger partial charge in [-0.2, -0.15) is 0 Å². The molecule has 0 aromatic heterocycles. The van der Waals surface area contributed by atoms with Gasteiger partial charge in [-0.1, -0.05) is 13.8 Å². The third kappa shape index (κ3) is 5.27. The molecule has 0 bridgehead atoms. The average molecular weight is 273 g/mol. The molecule has 104 valence electrons. The molecule has 1 unspecified atom stereocenters. The fourth-order valence-corrected chi connectivity index (χ4v) is 2.98. The van der Waals surface area contributed by atoms with Crippen LogP contribution in [0, 0.1) is 5.92 Å². The summed E-state index contributed by atoms with van der Waals surface area (Å²) < 4.78 is 0. The van der Waals surface area contributed by atoms with Gasteiger partial charge in [0.2, 0.25) is 11.8 Å². The van der Waals surface area contributed by atoms with Crippen LogP contribution in [-0.4, -0.2) is 41.9 Å². The van der Waals surface area contributed by atoms with Crippen LogP contribution in [0.25, 0.3) is 0 Å². The number of carbonyl (C=O) groups is 2. The Morgan fingerprint density at radius 2 is 2.00 bits per heavy atom. The molecule has 1 saturated heterocycles. The number of rotatable bonds is 6. The van der Waals surface area contributed by atoms with Crippen molar-refractivity contribution in [2.24, 2.45) is 11.7 Å². The van der Waals surface area contributed by atoms with Gasteiger partial charge in [0.1, 0.15) is 6.04 Å². The summed E-state index contributed by atoms with van der Waals surface area (Å²) in [5, 5.41) is 6.54. The van der Waals surface area contributed by atoms with E-state index in [2.05, 4.69) is 10.6 Å². The number of nitrogens with one attached hydrogen (secondary N) is 2. The summed E-state index contributed by atoms with van der Waals surface area (Å²) in [6, 6.07) is -0.564. The zero-order valence-electron chi connectivity index (χ0n) is 11.1. The van der Waals surface area contributed by atoms with E-state index in [0.29, 0.717) is 11.0 Å². The van der Waals surface area contributed by atoms with E-state index in [1.165, 1.54) is 0 Å². The Hall–Kier alpha value is -0.750. The highest BCUT2D eigenvalue weighted by Gasteiger charge is 2.22. The second-order valence-electron chi connectivity index (χ2n) is 4.95. The molecule has 5 nitrogen and oxygen atoms in total. The average Bonchev–Trinajstić information content (AvgIpc) is 2.34. The molecule has 1 aliphatic heterocycles. The van der Waals surface area contributed by atoms with Crippen LogP contribution < -0.4 is 16.4 Å². The van der Waals surface area contributed by atoms with E-state index >= 15 is 0 Å². The van der Waals surface area contributed by atoms with Crippen molar-refractivity contribution in [1.29, 1.82) is 0 Å². The Morgan fingerprint density at radius 1 is 1.39 bits per heavy atom. The number of primary amides is 1. The Labute approximate surface area is 113 Å². The smallest absolute Gasteiger partial charge is 0.240 e. The summed E-state index contributed by atoms with van der Waals surface area (Å²) in [5.74, 6) is -0.141. The first-order valence-corrected chi connectivity index (χ1v) is 7.46. The maximum Gasteiger partial charge on any atom is 0.240 e. The molecule has 1 atom stereocenters. The topological polar surface area (TPSA) is 84.2 Å². The van der Waals surface area contributed by atoms with Crippen molar-refractivity contribution in [3.05, 3.63) is 0 Å². The van der Waals surface area contributed by atoms with Gasteiger partial charge in [0.25, 0.3) is 0 Å². The number of hydrogen-bond donors (Lipinski definition) is 3. The molecule has 1 aliphatic rings. The molecule has 4 N–H and O–H groups in total. The number of hydrogen-bond acceptors (Lipinski definition) is 4. The van der Waals surface area contributed by atoms with E-state index in [0.717, 1.165) is 25.9 Å². The van der Waals surface area contributed by atoms with Gasteiger partial charge < -0.3 is 16.4 Å². The van der Waals surface area contributed by atoms with Crippen molar-refractivity contribution in [3.63, 3.8) is 0 Å². The first kappa shape index (κ1) is 15.3. The van der Waals surface area contributed by atoms with Crippen LogP contribution in [-0.2, 0) is 9.59 Å². The van der Waals surface area contributed by atoms with Crippen LogP contribution in [0.1, 0.15) is 26.7 Å². The molecule has 18 heavy (non-hydrogen) atoms. The first-order valence-electron chi connectivity index (χ1n) is 6.41. The molecule has 0 aromatic carbocycles. The Balaban J connectivity index is 2.29. The van der Waals surface area contributed by atoms with Crippen molar-refractivity contribution in [3.8, 4) is 0 Å². The molecule has 0 radical (unpaired) electrons. The Morgan fingerprint density at radius 3 is 2.50 bits per heavy atom. The summed E-state index contributed by atoms with van der Waals surface area (Å²) in [6.07, 6.45) is 2.20. The maximum atomic E-state index is 11.7. The lowest BCUT2D eigenvalue weighted by atomic mass is 10.0. The van der Waals surface area contributed by atoms with E-state index in [4.69, 9.17) is 5.73 Å². The predicted octanol–water partition coefficient (Wildman–Crippen LogP) is 0.0977. The highest BCUT2D eigenvalue weighted by Crippen LogP contribution is 2.19. The third-order valence-corrected chi connectivity index (χ3v) is 4.40. The summed E-state index contributed by atoms with van der Waals surface area (Å²) in [5.41, 5.74) is 5.26. The summed E-state index contributed by atoms with van der Waals surface area (Å²) in [6.45, 7) is 5.79. The summed E-state index contributed by atoms with van der Waals surface area (Å²) in [4.78, 5) is 22.9. The largest absolute Gasteiger partial charge is 0.368 e. The second-order valence-corrected chi connectivity index (χ2v) is 6.24. The number of piperidine rings is 1. The molecule has 0 spiro atoms. The van der Waals surface area contributed by atoms with Crippen LogP contribution >= 0.6 is 11.8 Å². The summed E-state index contributed by atoms with van der Waals surface area (Å²) >= 11 is 1.67. The minimum atomic E-state index is -0.564. The van der Waals surface area contributed by atoms with Crippen LogP contribution in [0.3, 0.4) is 0 Å². The van der Waals surface area contributed by atoms with Crippen LogP contribution in [0.5, 0.6) is 0 Å². The molecule has 1 rings (SSSR count). The normalized spacial score (nSPS) is 18.6. The van der Waals surface area contributed by atoms with Gasteiger partial charge >= 0.3 is 0 Å². The zero-order chi connectivity index (χ0) is 13.5. The minimum Gasteiger partial charge on any atom is -0.368 e. The van der Waals surface area contributed by atoms with Gasteiger partial charge in [-0.25, -0.2) is 0 Å². The number of amides is 2. The van der Waals surface area contributed by atoms with Crippen LogP contribution in [0.15, 0.2) is 0 Å². The zero-order valence-corrected chi connectivity index (χ0v) is 11.9. The first-order chi connectivity index (χ1) is 8.50. The highest BCUT2D eigenvalue weighted by molar-refractivity contribution is 8.00. The minimum absolute atomic E-state index is 0.0235. The number of thioether (sulfide) groups is 1. The molecular formula is C12H23N3O2S. The quantitative estimate of drug-likeness (QED) is 0.641. The molecular weight excluding hydrogens is 250 g/mol. The van der Waals surface area contributed by atoms with E-state index in [1.54, 1.807) is 11.8 Å². The molecule has 2 amide bonds. The molecule has 0 aliphatic carbocycles. The SMILES string of the molecule is CC(C)C(NC(=O)CSC1CCNCC1)C(N)=O. The van der Waals surface area contributed by atoms with Gasteiger partial charge in [0.15, 0.2) is 0 Å². The van der Waals surface area contributed by atoms with E-state index < -0.39 is 11.9 Å². The lowest BCUT2D eigenvalue weighted by molar-refractivity contribution is -0.126. The fourth-order valence-electron chi connectivity index (χ4n) is 1.94. The standard InChI is InChI=1S/C12H23N3O2S/c1-8(2)11(12(13)17)15-10(16)7-18-9-3-5-14-6-4-9/h8-9,11,14H,3-7H2,1-2H3,(H2,13,17)(H,15,16). The molecule has 1 fully saturated rings. The lowest BCUT2D eigenvalue weighted by Gasteiger charge is -2.23. The van der Waals surface area contributed by atoms with Crippen LogP contribution in [0.4, 0.5) is 0 Å². The van der Waals surface area contributed by atoms with Gasteiger partial charge in [0, 0.05) is 5.25 Å². The van der Waals surface area contributed by atoms with E-state index in [-0.39, 0.29) is 11.8 Å². The van der Waals surface area contributed by atoms with E-state index in [1.807, 2.05) is 13.8 Å². The van der Waals surface area contributed by atoms with Crippen molar-refractivity contribution in [1.82, 2.24) is 10.6 Å². The third-order valence-electron chi connectivity index (χ3n) is 3.03. The van der Waals surface area contributed by atoms with Crippen molar-refractivity contribution in [2.75, 3.05) is 18.8 Å². The molecule has 0 aromatic rings. The fraction of sp³-hybridized carbons (Fsp3) is 0.833. The Kier molecular flexibility index (Phi) is 6.49. The van der Waals surface area contributed by atoms with Gasteiger partial charge in [0.05, 0.1) is 5.75 Å². The van der Waals surface area contributed by atoms with Crippen molar-refractivity contribution in [2.45, 2.75) is 38.0 Å². The van der Waals surface area contributed by atoms with Crippen molar-refractivity contribution < 1.29 is 9.59 Å². The second kappa shape index (κ2) is 7.63. The molecule has 0 saturated carbocycles. The van der Waals surface area contributed by atoms with Gasteiger partial charge in [-0.05, 0) is 31.8 Å². The van der Waals surface area contributed by atoms with E-state index in [9.17, 15) is 9.59 Å². The maximum absolute atomic E-state index is 11.7. The van der Waals surface area contributed by atoms with Gasteiger partial charge in [-0.15, -0.1) is 11.8 Å². The summed E-state index contributed by atoms with van der Waals surface area (Å²) in [7, 11) is 0. The highest BCUT2D eigenvalue weighted by atomic mass is 32.2.